The molecule has 0 fully saturated rings. The molecule has 0 saturated heterocycles. The summed E-state index contributed by atoms with van der Waals surface area (Å²) in [6.07, 6.45) is 1.75. The van der Waals surface area contributed by atoms with E-state index in [2.05, 4.69) is 178 Å². The largest absolute Gasteiger partial charge is 0.478 e. The fourth-order valence-electron chi connectivity index (χ4n) is 8.81. The quantitative estimate of drug-likeness (QED) is 0.0987. The number of anilines is 2. The van der Waals surface area contributed by atoms with Crippen molar-refractivity contribution in [3.8, 4) is 34.1 Å². The topological polar surface area (TPSA) is 90.3 Å². The Morgan fingerprint density at radius 1 is 0.577 bits per heavy atom. The molecule has 2 N–H and O–H groups in total. The van der Waals surface area contributed by atoms with Crippen molar-refractivity contribution in [2.45, 2.75) is 117 Å². The van der Waals surface area contributed by atoms with Gasteiger partial charge in [0, 0.05) is 56.3 Å². The van der Waals surface area contributed by atoms with E-state index in [9.17, 15) is 19.8 Å². The SMILES string of the molecule is CN(C)c1cc(C(O)/C=C/c2ccc(C(=O)OC(C#Cc3ccc(C(=O)O)cc3)c3cc(-c4ccc(C(C)(C)C)cc4)c(N(C)C)c(C(C)(C)C)c3)cc2)cc(-c2ccc(C(C)(C)C)cc2)c1C(C)(C)C. The lowest BCUT2D eigenvalue weighted by molar-refractivity contribution is 0.0407. The van der Waals surface area contributed by atoms with Gasteiger partial charge in [0.2, 0.25) is 0 Å². The molecule has 0 aromatic heterocycles. The summed E-state index contributed by atoms with van der Waals surface area (Å²) < 4.78 is 6.38. The molecular weight excluding hydrogens is 877 g/mol. The van der Waals surface area contributed by atoms with Crippen LogP contribution in [0.2, 0.25) is 0 Å². The average molecular weight is 951 g/mol. The van der Waals surface area contributed by atoms with Gasteiger partial charge in [-0.2, -0.15) is 0 Å². The summed E-state index contributed by atoms with van der Waals surface area (Å²) >= 11 is 0. The summed E-state index contributed by atoms with van der Waals surface area (Å²) in [5.74, 6) is 4.84. The summed E-state index contributed by atoms with van der Waals surface area (Å²) in [6.45, 7) is 26.4. The summed E-state index contributed by atoms with van der Waals surface area (Å²) in [6, 6.07) is 39.2. The molecule has 2 atom stereocenters. The van der Waals surface area contributed by atoms with Crippen molar-refractivity contribution in [2.75, 3.05) is 38.0 Å². The number of hydrogen-bond acceptors (Lipinski definition) is 6. The van der Waals surface area contributed by atoms with Crippen molar-refractivity contribution in [3.63, 3.8) is 0 Å². The van der Waals surface area contributed by atoms with Gasteiger partial charge in [0.15, 0.2) is 6.10 Å². The second-order valence-electron chi connectivity index (χ2n) is 23.2. The molecule has 0 amide bonds. The molecule has 0 heterocycles. The third-order valence-electron chi connectivity index (χ3n) is 12.8. The van der Waals surface area contributed by atoms with Gasteiger partial charge >= 0.3 is 11.9 Å². The van der Waals surface area contributed by atoms with Gasteiger partial charge in [-0.05, 0) is 138 Å². The van der Waals surface area contributed by atoms with Crippen molar-refractivity contribution in [2.24, 2.45) is 0 Å². The Hall–Kier alpha value is -6.88. The van der Waals surface area contributed by atoms with Gasteiger partial charge in [-0.15, -0.1) is 0 Å². The highest BCUT2D eigenvalue weighted by Crippen LogP contribution is 2.44. The molecule has 71 heavy (non-hydrogen) atoms. The number of carboxylic acid groups (broad SMARTS) is 1. The lowest BCUT2D eigenvalue weighted by Gasteiger charge is -2.31. The van der Waals surface area contributed by atoms with Crippen LogP contribution in [-0.4, -0.2) is 50.3 Å². The Balaban J connectivity index is 1.35. The zero-order valence-electron chi connectivity index (χ0n) is 44.9. The third-order valence-corrected chi connectivity index (χ3v) is 12.8. The number of hydrogen-bond donors (Lipinski definition) is 2. The lowest BCUT2D eigenvalue weighted by atomic mass is 9.78. The monoisotopic (exact) mass is 951 g/mol. The first-order chi connectivity index (χ1) is 33.0. The summed E-state index contributed by atoms with van der Waals surface area (Å²) in [7, 11) is 8.17. The molecule has 6 aromatic rings. The molecule has 370 valence electrons. The molecule has 7 heteroatoms. The van der Waals surface area contributed by atoms with E-state index < -0.39 is 24.1 Å². The minimum atomic E-state index is -1.02. The number of benzene rings is 6. The van der Waals surface area contributed by atoms with Gasteiger partial charge < -0.3 is 24.7 Å². The fourth-order valence-corrected chi connectivity index (χ4v) is 8.81. The molecule has 0 bridgehead atoms. The molecule has 0 aliphatic rings. The van der Waals surface area contributed by atoms with E-state index in [4.69, 9.17) is 4.74 Å². The highest BCUT2D eigenvalue weighted by atomic mass is 16.5. The van der Waals surface area contributed by atoms with Gasteiger partial charge in [-0.3, -0.25) is 0 Å². The van der Waals surface area contributed by atoms with E-state index >= 15 is 0 Å². The van der Waals surface area contributed by atoms with Crippen LogP contribution in [0.25, 0.3) is 28.3 Å². The number of ether oxygens (including phenoxy) is 1. The van der Waals surface area contributed by atoms with Crippen LogP contribution < -0.4 is 9.80 Å². The molecular formula is C64H74N2O5. The maximum Gasteiger partial charge on any atom is 0.339 e. The van der Waals surface area contributed by atoms with E-state index in [1.165, 1.54) is 28.8 Å². The van der Waals surface area contributed by atoms with E-state index in [-0.39, 0.29) is 27.2 Å². The number of nitrogens with zero attached hydrogens (tertiary/aromatic N) is 2. The maximum atomic E-state index is 14.2. The summed E-state index contributed by atoms with van der Waals surface area (Å²) in [5, 5.41) is 21.3. The second-order valence-corrected chi connectivity index (χ2v) is 23.2. The highest BCUT2D eigenvalue weighted by molar-refractivity contribution is 5.90. The first-order valence-corrected chi connectivity index (χ1v) is 24.5. The van der Waals surface area contributed by atoms with Gasteiger partial charge in [-0.1, -0.05) is 162 Å². The lowest BCUT2D eigenvalue weighted by Crippen LogP contribution is -2.21. The second kappa shape index (κ2) is 20.8. The fraction of sp³-hybridized carbons (Fsp3) is 0.344. The average Bonchev–Trinajstić information content (AvgIpc) is 3.30. The van der Waals surface area contributed by atoms with Gasteiger partial charge in [0.25, 0.3) is 0 Å². The Morgan fingerprint density at radius 3 is 1.55 bits per heavy atom. The molecule has 0 aliphatic carbocycles. The minimum Gasteiger partial charge on any atom is -0.478 e. The van der Waals surface area contributed by atoms with E-state index in [0.717, 1.165) is 50.3 Å². The molecule has 0 spiro atoms. The van der Waals surface area contributed by atoms with Crippen LogP contribution in [0.3, 0.4) is 0 Å². The van der Waals surface area contributed by atoms with E-state index in [1.807, 2.05) is 46.4 Å². The Bertz CT molecular complexity index is 2960. The number of aliphatic hydroxyl groups excluding tert-OH is 1. The van der Waals surface area contributed by atoms with E-state index in [1.54, 1.807) is 30.3 Å². The molecule has 0 aliphatic heterocycles. The van der Waals surface area contributed by atoms with Crippen molar-refractivity contribution < 1.29 is 24.5 Å². The Labute approximate surface area is 424 Å². The van der Waals surface area contributed by atoms with Crippen LogP contribution in [0.15, 0.2) is 127 Å². The van der Waals surface area contributed by atoms with Crippen molar-refractivity contribution in [1.29, 1.82) is 0 Å². The number of carboxylic acids is 1. The maximum absolute atomic E-state index is 14.2. The van der Waals surface area contributed by atoms with Gasteiger partial charge in [0.1, 0.15) is 0 Å². The molecule has 0 saturated carbocycles. The van der Waals surface area contributed by atoms with Crippen molar-refractivity contribution in [3.05, 3.63) is 183 Å². The first-order valence-electron chi connectivity index (χ1n) is 24.5. The molecule has 0 radical (unpaired) electrons. The Morgan fingerprint density at radius 2 is 1.08 bits per heavy atom. The zero-order chi connectivity index (χ0) is 52.4. The summed E-state index contributed by atoms with van der Waals surface area (Å²) in [5.41, 5.74) is 14.0. The van der Waals surface area contributed by atoms with E-state index in [0.29, 0.717) is 16.7 Å². The van der Waals surface area contributed by atoms with Crippen LogP contribution in [0, 0.1) is 11.8 Å². The van der Waals surface area contributed by atoms with Gasteiger partial charge in [-0.25, -0.2) is 9.59 Å². The number of aromatic carboxylic acids is 1. The number of aliphatic hydroxyl groups is 1. The van der Waals surface area contributed by atoms with Gasteiger partial charge in [0.05, 0.1) is 17.2 Å². The molecule has 6 rings (SSSR count). The standard InChI is InChI=1S/C64H74N2O5/c1-61(2,3)49-31-27-43(28-32-49)51-37-47(40-54(65(13)14)57(51)64(10,11)12)55(67)35-21-41-19-25-46(26-20-41)60(70)71-56(36-22-42-17-23-45(24-18-42)59(68)69)48-38-52(44-29-33-50(34-30-44)62(4,5)6)58(66(15)16)53(39-48)63(7,8)9/h17-21,23-35,37-40,55-56,67H,1-16H3,(H,68,69)/b35-21+. The number of carbonyl (C=O) groups excluding carboxylic acids is 1. The zero-order valence-corrected chi connectivity index (χ0v) is 44.9. The predicted octanol–water partition coefficient (Wildman–Crippen LogP) is 14.7. The number of carbonyl (C=O) groups is 2. The minimum absolute atomic E-state index is 0.0193. The number of esters is 1. The smallest absolute Gasteiger partial charge is 0.339 e. The van der Waals surface area contributed by atoms with Crippen LogP contribution in [-0.2, 0) is 26.4 Å². The highest BCUT2D eigenvalue weighted by Gasteiger charge is 2.29. The number of rotatable bonds is 11. The summed E-state index contributed by atoms with van der Waals surface area (Å²) in [4.78, 5) is 30.1. The molecule has 2 unspecified atom stereocenters. The molecule has 6 aromatic carbocycles. The van der Waals surface area contributed by atoms with Crippen LogP contribution >= 0.6 is 0 Å². The normalized spacial score (nSPS) is 13.0. The van der Waals surface area contributed by atoms with Crippen LogP contribution in [0.1, 0.15) is 161 Å². The molecule has 7 nitrogen and oxygen atoms in total. The van der Waals surface area contributed by atoms with Crippen molar-refractivity contribution in [1.82, 2.24) is 0 Å². The van der Waals surface area contributed by atoms with Crippen molar-refractivity contribution >= 4 is 29.4 Å². The van der Waals surface area contributed by atoms with Crippen LogP contribution in [0.5, 0.6) is 0 Å². The van der Waals surface area contributed by atoms with Crippen LogP contribution in [0.4, 0.5) is 11.4 Å². The predicted molar refractivity (Wildman–Crippen MR) is 296 cm³/mol. The Kier molecular flexibility index (Phi) is 15.7. The first kappa shape index (κ1) is 53.5. The third kappa shape index (κ3) is 12.9.